The molecule has 0 unspecified atom stereocenters. The molecule has 1 fully saturated rings. The Kier molecular flexibility index (Phi) is 7.57. The summed E-state index contributed by atoms with van der Waals surface area (Å²) in [6.07, 6.45) is 4.95. The number of ether oxygens (including phenoxy) is 1. The van der Waals surface area contributed by atoms with Crippen molar-refractivity contribution in [3.05, 3.63) is 64.4 Å². The summed E-state index contributed by atoms with van der Waals surface area (Å²) in [6.45, 7) is 7.95. The number of aromatic nitrogens is 2. The molecule has 1 aliphatic rings. The summed E-state index contributed by atoms with van der Waals surface area (Å²) in [7, 11) is 0. The SMILES string of the molecule is CC(C)(C)OC(=O)N1CCN(c2ncc(C(=O)Cc3ccncc3Nc3ccc(Cl)cc3)s2)CC1. The second-order valence-electron chi connectivity index (χ2n) is 9.23. The first-order valence-corrected chi connectivity index (χ1v) is 12.5. The summed E-state index contributed by atoms with van der Waals surface area (Å²) in [5.74, 6) is -0.00787. The van der Waals surface area contributed by atoms with Gasteiger partial charge < -0.3 is 19.9 Å². The molecule has 0 radical (unpaired) electrons. The quantitative estimate of drug-likeness (QED) is 0.440. The number of halogens is 1. The van der Waals surface area contributed by atoms with Crippen LogP contribution in [0.25, 0.3) is 0 Å². The monoisotopic (exact) mass is 513 g/mol. The zero-order valence-electron chi connectivity index (χ0n) is 20.0. The molecule has 0 bridgehead atoms. The summed E-state index contributed by atoms with van der Waals surface area (Å²) in [5.41, 5.74) is 1.96. The molecule has 1 amide bonds. The van der Waals surface area contributed by atoms with E-state index < -0.39 is 5.60 Å². The van der Waals surface area contributed by atoms with E-state index in [1.807, 2.05) is 39.0 Å². The number of benzene rings is 1. The van der Waals surface area contributed by atoms with Crippen LogP contribution in [0.3, 0.4) is 0 Å². The Hall–Kier alpha value is -3.17. The lowest BCUT2D eigenvalue weighted by molar-refractivity contribution is 0.0240. The first-order valence-electron chi connectivity index (χ1n) is 11.4. The van der Waals surface area contributed by atoms with Crippen LogP contribution in [0.2, 0.25) is 5.02 Å². The van der Waals surface area contributed by atoms with Gasteiger partial charge >= 0.3 is 6.09 Å². The Labute approximate surface area is 213 Å². The molecule has 0 atom stereocenters. The first kappa shape index (κ1) is 24.9. The van der Waals surface area contributed by atoms with Crippen LogP contribution in [0, 0.1) is 0 Å². The average molecular weight is 514 g/mol. The van der Waals surface area contributed by atoms with Crippen LogP contribution in [-0.4, -0.2) is 58.5 Å². The van der Waals surface area contributed by atoms with Gasteiger partial charge in [-0.15, -0.1) is 0 Å². The molecule has 1 saturated heterocycles. The highest BCUT2D eigenvalue weighted by molar-refractivity contribution is 7.17. The van der Waals surface area contributed by atoms with E-state index in [0.717, 1.165) is 22.1 Å². The lowest BCUT2D eigenvalue weighted by Gasteiger charge is -2.35. The summed E-state index contributed by atoms with van der Waals surface area (Å²) in [6, 6.07) is 9.19. The van der Waals surface area contributed by atoms with Crippen molar-refractivity contribution in [2.75, 3.05) is 36.4 Å². The van der Waals surface area contributed by atoms with Crippen molar-refractivity contribution >= 4 is 51.3 Å². The van der Waals surface area contributed by atoms with Crippen LogP contribution in [-0.2, 0) is 11.2 Å². The molecule has 10 heteroatoms. The number of rotatable bonds is 6. The summed E-state index contributed by atoms with van der Waals surface area (Å²) < 4.78 is 5.46. The zero-order chi connectivity index (χ0) is 25.0. The van der Waals surface area contributed by atoms with Crippen molar-refractivity contribution in [2.45, 2.75) is 32.8 Å². The second-order valence-corrected chi connectivity index (χ2v) is 10.7. The highest BCUT2D eigenvalue weighted by atomic mass is 35.5. The van der Waals surface area contributed by atoms with Gasteiger partial charge in [-0.2, -0.15) is 0 Å². The maximum atomic E-state index is 13.1. The molecule has 1 aliphatic heterocycles. The first-order chi connectivity index (χ1) is 16.7. The number of piperazine rings is 1. The van der Waals surface area contributed by atoms with Gasteiger partial charge in [-0.05, 0) is 56.7 Å². The van der Waals surface area contributed by atoms with Crippen LogP contribution < -0.4 is 10.2 Å². The Morgan fingerprint density at radius 3 is 2.49 bits per heavy atom. The predicted octanol–water partition coefficient (Wildman–Crippen LogP) is 5.42. The van der Waals surface area contributed by atoms with Gasteiger partial charge in [0.05, 0.1) is 23.0 Å². The van der Waals surface area contributed by atoms with Gasteiger partial charge in [0.2, 0.25) is 0 Å². The summed E-state index contributed by atoms with van der Waals surface area (Å²) in [4.78, 5) is 38.4. The van der Waals surface area contributed by atoms with Gasteiger partial charge in [0.15, 0.2) is 10.9 Å². The van der Waals surface area contributed by atoms with E-state index in [9.17, 15) is 9.59 Å². The molecule has 3 heterocycles. The minimum absolute atomic E-state index is 0.00787. The van der Waals surface area contributed by atoms with Crippen molar-refractivity contribution in [1.82, 2.24) is 14.9 Å². The van der Waals surface area contributed by atoms with E-state index >= 15 is 0 Å². The van der Waals surface area contributed by atoms with Crippen molar-refractivity contribution in [3.63, 3.8) is 0 Å². The van der Waals surface area contributed by atoms with Crippen molar-refractivity contribution in [3.8, 4) is 0 Å². The van der Waals surface area contributed by atoms with E-state index in [-0.39, 0.29) is 18.3 Å². The fourth-order valence-corrected chi connectivity index (χ4v) is 4.62. The number of hydrogen-bond donors (Lipinski definition) is 1. The third kappa shape index (κ3) is 6.70. The molecule has 35 heavy (non-hydrogen) atoms. The molecular weight excluding hydrogens is 486 g/mol. The second kappa shape index (κ2) is 10.6. The van der Waals surface area contributed by atoms with Gasteiger partial charge in [-0.1, -0.05) is 22.9 Å². The third-order valence-corrected chi connectivity index (χ3v) is 6.71. The van der Waals surface area contributed by atoms with Gasteiger partial charge in [0.1, 0.15) is 5.60 Å². The molecule has 0 spiro atoms. The largest absolute Gasteiger partial charge is 0.444 e. The van der Waals surface area contributed by atoms with Crippen LogP contribution in [0.1, 0.15) is 36.0 Å². The summed E-state index contributed by atoms with van der Waals surface area (Å²) in [5, 5.41) is 4.75. The molecule has 184 valence electrons. The van der Waals surface area contributed by atoms with E-state index in [1.54, 1.807) is 35.6 Å². The predicted molar refractivity (Wildman–Crippen MR) is 139 cm³/mol. The number of thiazole rings is 1. The number of nitrogens with zero attached hydrogens (tertiary/aromatic N) is 4. The van der Waals surface area contributed by atoms with E-state index in [4.69, 9.17) is 16.3 Å². The molecule has 0 aliphatic carbocycles. The standard InChI is InChI=1S/C25H28ClN5O3S/c1-25(2,3)34-24(33)31-12-10-30(11-13-31)23-28-16-22(35-23)21(32)14-17-8-9-27-15-20(17)29-19-6-4-18(26)5-7-19/h4-9,15-16,29H,10-14H2,1-3H3. The normalized spacial score (nSPS) is 14.1. The van der Waals surface area contributed by atoms with E-state index in [1.165, 1.54) is 11.3 Å². The number of amides is 1. The number of ketones is 1. The van der Waals surface area contributed by atoms with Crippen molar-refractivity contribution in [2.24, 2.45) is 0 Å². The Bertz CT molecular complexity index is 1180. The van der Waals surface area contributed by atoms with Crippen molar-refractivity contribution in [1.29, 1.82) is 0 Å². The number of Topliss-reactive ketones (excluding diaryl/α,β-unsaturated/α-hetero) is 1. The molecule has 4 rings (SSSR count). The maximum Gasteiger partial charge on any atom is 0.410 e. The van der Waals surface area contributed by atoms with Crippen LogP contribution in [0.5, 0.6) is 0 Å². The Morgan fingerprint density at radius 2 is 1.80 bits per heavy atom. The lowest BCUT2D eigenvalue weighted by atomic mass is 10.1. The number of hydrogen-bond acceptors (Lipinski definition) is 8. The topological polar surface area (TPSA) is 87.7 Å². The maximum absolute atomic E-state index is 13.1. The number of carbonyl (C=O) groups excluding carboxylic acids is 2. The molecule has 8 nitrogen and oxygen atoms in total. The molecule has 1 aromatic carbocycles. The number of carbonyl (C=O) groups is 2. The van der Waals surface area contributed by atoms with Gasteiger partial charge in [0, 0.05) is 49.5 Å². The molecule has 3 aromatic rings. The third-order valence-electron chi connectivity index (χ3n) is 5.36. The Morgan fingerprint density at radius 1 is 1.09 bits per heavy atom. The number of anilines is 3. The smallest absolute Gasteiger partial charge is 0.410 e. The van der Waals surface area contributed by atoms with Gasteiger partial charge in [0.25, 0.3) is 0 Å². The van der Waals surface area contributed by atoms with E-state index in [2.05, 4.69) is 20.2 Å². The average Bonchev–Trinajstić information content (AvgIpc) is 3.31. The number of pyridine rings is 1. The molecule has 2 aromatic heterocycles. The molecule has 1 N–H and O–H groups in total. The lowest BCUT2D eigenvalue weighted by Crippen LogP contribution is -2.50. The molecular formula is C25H28ClN5O3S. The highest BCUT2D eigenvalue weighted by Gasteiger charge is 2.27. The Balaban J connectivity index is 1.36. The van der Waals surface area contributed by atoms with E-state index in [0.29, 0.717) is 36.1 Å². The zero-order valence-corrected chi connectivity index (χ0v) is 21.5. The fraction of sp³-hybridized carbons (Fsp3) is 0.360. The summed E-state index contributed by atoms with van der Waals surface area (Å²) >= 11 is 7.35. The van der Waals surface area contributed by atoms with Gasteiger partial charge in [-0.25, -0.2) is 9.78 Å². The number of nitrogens with one attached hydrogen (secondary N) is 1. The molecule has 0 saturated carbocycles. The fourth-order valence-electron chi connectivity index (χ4n) is 3.59. The van der Waals surface area contributed by atoms with Gasteiger partial charge in [-0.3, -0.25) is 9.78 Å². The van der Waals surface area contributed by atoms with Crippen LogP contribution >= 0.6 is 22.9 Å². The van der Waals surface area contributed by atoms with Crippen molar-refractivity contribution < 1.29 is 14.3 Å². The van der Waals surface area contributed by atoms with Crippen LogP contribution in [0.15, 0.2) is 48.9 Å². The minimum Gasteiger partial charge on any atom is -0.444 e. The van der Waals surface area contributed by atoms with Crippen LogP contribution in [0.4, 0.5) is 21.3 Å². The minimum atomic E-state index is -0.516. The highest BCUT2D eigenvalue weighted by Crippen LogP contribution is 2.27.